The number of hydrogen-bond acceptors (Lipinski definition) is 4. The maximum Gasteiger partial charge on any atom is 0.407 e. The van der Waals surface area contributed by atoms with Crippen LogP contribution in [-0.4, -0.2) is 40.7 Å². The van der Waals surface area contributed by atoms with Crippen LogP contribution < -0.4 is 5.32 Å². The van der Waals surface area contributed by atoms with Gasteiger partial charge in [0.15, 0.2) is 0 Å². The lowest BCUT2D eigenvalue weighted by atomic mass is 9.43. The van der Waals surface area contributed by atoms with Gasteiger partial charge in [-0.25, -0.2) is 4.79 Å². The quantitative estimate of drug-likeness (QED) is 0.512. The Morgan fingerprint density at radius 1 is 1.03 bits per heavy atom. The molecule has 0 bridgehead atoms. The fourth-order valence-corrected chi connectivity index (χ4v) is 9.09. The molecule has 190 valence electrons. The minimum atomic E-state index is -0.465. The van der Waals surface area contributed by atoms with E-state index in [0.717, 1.165) is 32.1 Å². The van der Waals surface area contributed by atoms with E-state index in [2.05, 4.69) is 26.1 Å². The molecule has 10 atom stereocenters. The first-order chi connectivity index (χ1) is 15.3. The van der Waals surface area contributed by atoms with Crippen molar-refractivity contribution in [2.75, 3.05) is 6.54 Å². The summed E-state index contributed by atoms with van der Waals surface area (Å²) in [6.45, 7) is 13.7. The van der Waals surface area contributed by atoms with Crippen molar-refractivity contribution in [1.29, 1.82) is 0 Å². The molecule has 0 aromatic carbocycles. The molecule has 0 aromatic rings. The molecule has 0 aliphatic heterocycles. The molecule has 1 amide bonds. The standard InChI is InChI=1S/C28H49NO4/c1-17(11-14-29-25(32)33-26(2,3)4)20-7-8-21-24-22(10-13-28(20,21)6)27(5)12-9-19(30)15-18(27)16-23(24)31/h17-24,30-31H,7-16H2,1-6H3,(H,29,32)/t17-,18+,19-,20-,21+,22+,23-,24+,27+,28-/m1/s1. The number of hydrogen-bond donors (Lipinski definition) is 3. The minimum Gasteiger partial charge on any atom is -0.444 e. The molecule has 33 heavy (non-hydrogen) atoms. The Morgan fingerprint density at radius 2 is 1.70 bits per heavy atom. The van der Waals surface area contributed by atoms with Crippen LogP contribution in [0.15, 0.2) is 0 Å². The van der Waals surface area contributed by atoms with Crippen LogP contribution in [0.1, 0.15) is 99.3 Å². The summed E-state index contributed by atoms with van der Waals surface area (Å²) in [7, 11) is 0. The van der Waals surface area contributed by atoms with Crippen molar-refractivity contribution in [1.82, 2.24) is 5.32 Å². The van der Waals surface area contributed by atoms with Crippen molar-refractivity contribution in [3.05, 3.63) is 0 Å². The zero-order valence-corrected chi connectivity index (χ0v) is 21.9. The van der Waals surface area contributed by atoms with Crippen LogP contribution >= 0.6 is 0 Å². The number of amides is 1. The second-order valence-corrected chi connectivity index (χ2v) is 13.6. The van der Waals surface area contributed by atoms with E-state index in [0.29, 0.717) is 42.1 Å². The van der Waals surface area contributed by atoms with Gasteiger partial charge in [-0.3, -0.25) is 0 Å². The molecule has 0 saturated heterocycles. The van der Waals surface area contributed by atoms with E-state index in [9.17, 15) is 15.0 Å². The monoisotopic (exact) mass is 463 g/mol. The number of aliphatic hydroxyl groups excluding tert-OH is 2. The fourth-order valence-electron chi connectivity index (χ4n) is 9.09. The Balaban J connectivity index is 1.41. The number of alkyl carbamates (subject to hydrolysis) is 1. The van der Waals surface area contributed by atoms with Gasteiger partial charge in [0.2, 0.25) is 0 Å². The molecule has 4 saturated carbocycles. The van der Waals surface area contributed by atoms with Crippen LogP contribution in [0.4, 0.5) is 4.79 Å². The lowest BCUT2D eigenvalue weighted by molar-refractivity contribution is -0.174. The van der Waals surface area contributed by atoms with E-state index in [1.807, 2.05) is 20.8 Å². The van der Waals surface area contributed by atoms with E-state index in [-0.39, 0.29) is 29.1 Å². The molecule has 4 fully saturated rings. The van der Waals surface area contributed by atoms with Crippen LogP contribution in [0.5, 0.6) is 0 Å². The lowest BCUT2D eigenvalue weighted by Gasteiger charge is -2.62. The number of carbonyl (C=O) groups excluding carboxylic acids is 1. The van der Waals surface area contributed by atoms with Crippen LogP contribution in [0, 0.1) is 46.3 Å². The van der Waals surface area contributed by atoms with E-state index < -0.39 is 5.60 Å². The molecule has 5 nitrogen and oxygen atoms in total. The van der Waals surface area contributed by atoms with Gasteiger partial charge in [0.25, 0.3) is 0 Å². The van der Waals surface area contributed by atoms with Gasteiger partial charge in [0, 0.05) is 6.54 Å². The van der Waals surface area contributed by atoms with Crippen LogP contribution in [0.2, 0.25) is 0 Å². The fraction of sp³-hybridized carbons (Fsp3) is 0.964. The van der Waals surface area contributed by atoms with Crippen molar-refractivity contribution in [3.63, 3.8) is 0 Å². The molecule has 0 heterocycles. The zero-order valence-electron chi connectivity index (χ0n) is 21.9. The highest BCUT2D eigenvalue weighted by molar-refractivity contribution is 5.67. The Morgan fingerprint density at radius 3 is 2.39 bits per heavy atom. The second-order valence-electron chi connectivity index (χ2n) is 13.6. The Labute approximate surface area is 201 Å². The molecule has 5 heteroatoms. The summed E-state index contributed by atoms with van der Waals surface area (Å²) in [6.07, 6.45) is 9.00. The zero-order chi connectivity index (χ0) is 24.2. The highest BCUT2D eigenvalue weighted by Crippen LogP contribution is 2.68. The largest absolute Gasteiger partial charge is 0.444 e. The molecule has 4 rings (SSSR count). The minimum absolute atomic E-state index is 0.174. The van der Waals surface area contributed by atoms with Gasteiger partial charge in [-0.1, -0.05) is 20.8 Å². The van der Waals surface area contributed by atoms with Gasteiger partial charge in [0.05, 0.1) is 12.2 Å². The Kier molecular flexibility index (Phi) is 6.90. The van der Waals surface area contributed by atoms with E-state index in [1.165, 1.54) is 25.7 Å². The number of aliphatic hydroxyl groups is 2. The van der Waals surface area contributed by atoms with Crippen molar-refractivity contribution in [2.45, 2.75) is 117 Å². The van der Waals surface area contributed by atoms with Gasteiger partial charge < -0.3 is 20.3 Å². The topological polar surface area (TPSA) is 78.8 Å². The maximum atomic E-state index is 12.0. The average Bonchev–Trinajstić information content (AvgIpc) is 3.05. The van der Waals surface area contributed by atoms with Gasteiger partial charge >= 0.3 is 6.09 Å². The van der Waals surface area contributed by atoms with Gasteiger partial charge in [-0.15, -0.1) is 0 Å². The third-order valence-electron chi connectivity index (χ3n) is 10.7. The summed E-state index contributed by atoms with van der Waals surface area (Å²) in [5.74, 6) is 3.27. The molecular weight excluding hydrogens is 414 g/mol. The van der Waals surface area contributed by atoms with Gasteiger partial charge in [-0.05, 0) is 125 Å². The van der Waals surface area contributed by atoms with Crippen LogP contribution in [-0.2, 0) is 4.74 Å². The highest BCUT2D eigenvalue weighted by Gasteiger charge is 2.62. The average molecular weight is 464 g/mol. The lowest BCUT2D eigenvalue weighted by Crippen LogP contribution is -2.58. The molecular formula is C28H49NO4. The van der Waals surface area contributed by atoms with Crippen molar-refractivity contribution >= 4 is 6.09 Å². The second kappa shape index (κ2) is 9.00. The molecule has 0 spiro atoms. The number of rotatable bonds is 4. The number of ether oxygens (including phenoxy) is 1. The third kappa shape index (κ3) is 4.70. The number of carbonyl (C=O) groups is 1. The summed E-state index contributed by atoms with van der Waals surface area (Å²) in [6, 6.07) is 0. The Hall–Kier alpha value is -0.810. The first kappa shape index (κ1) is 25.3. The van der Waals surface area contributed by atoms with Crippen molar-refractivity contribution < 1.29 is 19.7 Å². The molecule has 0 radical (unpaired) electrons. The van der Waals surface area contributed by atoms with Crippen molar-refractivity contribution in [2.24, 2.45) is 46.3 Å². The molecule has 4 aliphatic carbocycles. The van der Waals surface area contributed by atoms with Gasteiger partial charge in [0.1, 0.15) is 5.60 Å². The SMILES string of the molecule is C[C@H](CCNC(=O)OC(C)(C)C)[C@H]1CC[C@H]2[C@@H]3[C@H](O)C[C@@H]4C[C@H](O)CC[C@]4(C)[C@H]3CC[C@]12C. The molecule has 0 aromatic heterocycles. The summed E-state index contributed by atoms with van der Waals surface area (Å²) in [5.41, 5.74) is 0.101. The number of nitrogens with one attached hydrogen (secondary N) is 1. The normalized spacial score (nSPS) is 46.0. The van der Waals surface area contributed by atoms with Crippen LogP contribution in [0.25, 0.3) is 0 Å². The first-order valence-corrected chi connectivity index (χ1v) is 13.7. The highest BCUT2D eigenvalue weighted by atomic mass is 16.6. The predicted molar refractivity (Wildman–Crippen MR) is 131 cm³/mol. The van der Waals surface area contributed by atoms with Gasteiger partial charge in [-0.2, -0.15) is 0 Å². The predicted octanol–water partition coefficient (Wildman–Crippen LogP) is 5.53. The molecule has 3 N–H and O–H groups in total. The molecule has 4 aliphatic rings. The van der Waals surface area contributed by atoms with E-state index >= 15 is 0 Å². The summed E-state index contributed by atoms with van der Waals surface area (Å²) in [5, 5.41) is 24.6. The van der Waals surface area contributed by atoms with Crippen LogP contribution in [0.3, 0.4) is 0 Å². The first-order valence-electron chi connectivity index (χ1n) is 13.7. The Bertz CT molecular complexity index is 719. The molecule has 0 unspecified atom stereocenters. The van der Waals surface area contributed by atoms with Crippen molar-refractivity contribution in [3.8, 4) is 0 Å². The smallest absolute Gasteiger partial charge is 0.407 e. The summed E-state index contributed by atoms with van der Waals surface area (Å²) in [4.78, 5) is 12.0. The van der Waals surface area contributed by atoms with E-state index in [1.54, 1.807) is 0 Å². The van der Waals surface area contributed by atoms with E-state index in [4.69, 9.17) is 4.74 Å². The maximum absolute atomic E-state index is 12.0. The summed E-state index contributed by atoms with van der Waals surface area (Å²) >= 11 is 0. The number of fused-ring (bicyclic) bond motifs is 5. The third-order valence-corrected chi connectivity index (χ3v) is 10.7. The summed E-state index contributed by atoms with van der Waals surface area (Å²) < 4.78 is 5.39.